The zero-order valence-electron chi connectivity index (χ0n) is 17.5. The Labute approximate surface area is 188 Å². The molecule has 0 spiro atoms. The smallest absolute Gasteiger partial charge is 0.272 e. The van der Waals surface area contributed by atoms with Gasteiger partial charge in [-0.05, 0) is 37.1 Å². The van der Waals surface area contributed by atoms with E-state index in [-0.39, 0.29) is 5.91 Å². The molecule has 160 valence electrons. The zero-order chi connectivity index (χ0) is 21.9. The summed E-state index contributed by atoms with van der Waals surface area (Å²) in [6, 6.07) is 9.59. The number of imidazole rings is 2. The van der Waals surface area contributed by atoms with E-state index in [1.807, 2.05) is 64.0 Å². The molecule has 9 heteroatoms. The van der Waals surface area contributed by atoms with Crippen molar-refractivity contribution in [1.29, 1.82) is 0 Å². The fraction of sp³-hybridized carbons (Fsp3) is 0.174. The van der Waals surface area contributed by atoms with Crippen molar-refractivity contribution in [3.05, 3.63) is 88.8 Å². The molecule has 8 nitrogen and oxygen atoms in total. The number of thiazole rings is 1. The number of carbonyl (C=O) groups excluding carboxylic acids is 1. The number of aryl methyl sites for hydroxylation is 1. The van der Waals surface area contributed by atoms with Crippen LogP contribution in [0.15, 0.2) is 66.8 Å². The normalized spacial score (nSPS) is 11.2. The lowest BCUT2D eigenvalue weighted by molar-refractivity contribution is 0.0951. The summed E-state index contributed by atoms with van der Waals surface area (Å²) in [5.74, 6) is 0.424. The summed E-state index contributed by atoms with van der Waals surface area (Å²) in [6.07, 6.45) is 9.84. The lowest BCUT2D eigenvalue weighted by atomic mass is 10.2. The van der Waals surface area contributed by atoms with Gasteiger partial charge in [0.2, 0.25) is 0 Å². The van der Waals surface area contributed by atoms with Crippen LogP contribution in [-0.2, 0) is 13.0 Å². The van der Waals surface area contributed by atoms with Crippen molar-refractivity contribution in [2.75, 3.05) is 6.54 Å². The Morgan fingerprint density at radius 3 is 2.94 bits per heavy atom. The average Bonchev–Trinajstić information content (AvgIpc) is 3.53. The summed E-state index contributed by atoms with van der Waals surface area (Å²) in [7, 11) is 0. The van der Waals surface area contributed by atoms with Gasteiger partial charge in [-0.25, -0.2) is 15.0 Å². The predicted octanol–water partition coefficient (Wildman–Crippen LogP) is 3.38. The van der Waals surface area contributed by atoms with Gasteiger partial charge in [-0.2, -0.15) is 0 Å². The molecule has 5 rings (SSSR count). The third-order valence-electron chi connectivity index (χ3n) is 5.06. The molecule has 0 atom stereocenters. The monoisotopic (exact) mass is 443 g/mol. The minimum absolute atomic E-state index is 0.207. The SMILES string of the molecule is Cc1nc(Cn2cnc(-c3nc(C(=O)NCCc4cccnc4)c4ccccn34)c2)cs1. The Hall–Kier alpha value is -3.85. The van der Waals surface area contributed by atoms with Gasteiger partial charge in [-0.3, -0.25) is 14.2 Å². The summed E-state index contributed by atoms with van der Waals surface area (Å²) in [5.41, 5.74) is 3.90. The van der Waals surface area contributed by atoms with Crippen LogP contribution in [0, 0.1) is 6.92 Å². The van der Waals surface area contributed by atoms with Crippen molar-refractivity contribution in [1.82, 2.24) is 34.2 Å². The minimum Gasteiger partial charge on any atom is -0.350 e. The molecule has 5 aromatic rings. The summed E-state index contributed by atoms with van der Waals surface area (Å²) in [4.78, 5) is 30.7. The van der Waals surface area contributed by atoms with Crippen LogP contribution in [0.1, 0.15) is 26.8 Å². The number of pyridine rings is 2. The lowest BCUT2D eigenvalue weighted by Gasteiger charge is -2.03. The molecule has 0 bridgehead atoms. The lowest BCUT2D eigenvalue weighted by Crippen LogP contribution is -2.26. The molecule has 0 aliphatic rings. The molecule has 0 aromatic carbocycles. The first-order valence-electron chi connectivity index (χ1n) is 10.2. The van der Waals surface area contributed by atoms with Gasteiger partial charge in [0.05, 0.1) is 29.1 Å². The van der Waals surface area contributed by atoms with E-state index in [0.29, 0.717) is 36.7 Å². The third-order valence-corrected chi connectivity index (χ3v) is 5.88. The van der Waals surface area contributed by atoms with E-state index >= 15 is 0 Å². The Morgan fingerprint density at radius 2 is 2.12 bits per heavy atom. The van der Waals surface area contributed by atoms with Crippen molar-refractivity contribution in [3.63, 3.8) is 0 Å². The number of nitrogens with one attached hydrogen (secondary N) is 1. The van der Waals surface area contributed by atoms with Crippen molar-refractivity contribution in [2.45, 2.75) is 19.9 Å². The summed E-state index contributed by atoms with van der Waals surface area (Å²) >= 11 is 1.63. The molecular formula is C23H21N7OS. The highest BCUT2D eigenvalue weighted by atomic mass is 32.1. The fourth-order valence-corrected chi connectivity index (χ4v) is 4.17. The highest BCUT2D eigenvalue weighted by molar-refractivity contribution is 7.09. The van der Waals surface area contributed by atoms with E-state index in [4.69, 9.17) is 0 Å². The number of amides is 1. The number of nitrogens with zero attached hydrogens (tertiary/aromatic N) is 6. The molecule has 0 saturated carbocycles. The van der Waals surface area contributed by atoms with E-state index in [1.54, 1.807) is 30.1 Å². The summed E-state index contributed by atoms with van der Waals surface area (Å²) in [5, 5.41) is 6.06. The Bertz CT molecular complexity index is 1370. The molecule has 0 saturated heterocycles. The maximum atomic E-state index is 12.9. The van der Waals surface area contributed by atoms with Crippen molar-refractivity contribution < 1.29 is 4.79 Å². The van der Waals surface area contributed by atoms with Crippen LogP contribution in [-0.4, -0.2) is 41.4 Å². The van der Waals surface area contributed by atoms with E-state index in [9.17, 15) is 4.79 Å². The van der Waals surface area contributed by atoms with Gasteiger partial charge >= 0.3 is 0 Å². The number of fused-ring (bicyclic) bond motifs is 1. The van der Waals surface area contributed by atoms with Gasteiger partial charge < -0.3 is 9.88 Å². The van der Waals surface area contributed by atoms with Crippen LogP contribution in [0.5, 0.6) is 0 Å². The van der Waals surface area contributed by atoms with Crippen LogP contribution in [0.25, 0.3) is 17.0 Å². The molecule has 0 unspecified atom stereocenters. The van der Waals surface area contributed by atoms with Gasteiger partial charge in [0.15, 0.2) is 11.5 Å². The van der Waals surface area contributed by atoms with Crippen LogP contribution in [0.4, 0.5) is 0 Å². The first-order chi connectivity index (χ1) is 15.7. The van der Waals surface area contributed by atoms with Crippen molar-refractivity contribution >= 4 is 22.8 Å². The first kappa shape index (κ1) is 20.1. The number of rotatable bonds is 7. The van der Waals surface area contributed by atoms with E-state index in [2.05, 4.69) is 25.3 Å². The molecule has 5 heterocycles. The second kappa shape index (κ2) is 8.72. The topological polar surface area (TPSA) is 90.0 Å². The van der Waals surface area contributed by atoms with Crippen molar-refractivity contribution in [2.24, 2.45) is 0 Å². The quantitative estimate of drug-likeness (QED) is 0.417. The summed E-state index contributed by atoms with van der Waals surface area (Å²) in [6.45, 7) is 3.14. The first-order valence-corrected chi connectivity index (χ1v) is 11.1. The molecule has 0 radical (unpaired) electrons. The third kappa shape index (κ3) is 4.15. The van der Waals surface area contributed by atoms with Gasteiger partial charge in [0.1, 0.15) is 5.69 Å². The largest absolute Gasteiger partial charge is 0.350 e. The Balaban J connectivity index is 1.37. The maximum Gasteiger partial charge on any atom is 0.272 e. The molecule has 0 aliphatic carbocycles. The van der Waals surface area contributed by atoms with Crippen LogP contribution in [0.2, 0.25) is 0 Å². The van der Waals surface area contributed by atoms with Crippen LogP contribution >= 0.6 is 11.3 Å². The molecule has 32 heavy (non-hydrogen) atoms. The average molecular weight is 444 g/mol. The molecular weight excluding hydrogens is 422 g/mol. The standard InChI is InChI=1S/C23H21N7OS/c1-16-27-18(14-32-16)12-29-13-19(26-15-29)22-28-21(20-6-2-3-10-30(20)22)23(31)25-9-7-17-5-4-8-24-11-17/h2-6,8,10-11,13-15H,7,9,12H2,1H3,(H,25,31). The summed E-state index contributed by atoms with van der Waals surface area (Å²) < 4.78 is 3.87. The van der Waals surface area contributed by atoms with Crippen molar-refractivity contribution in [3.8, 4) is 11.5 Å². The molecule has 5 aromatic heterocycles. The molecule has 1 N–H and O–H groups in total. The molecule has 0 fully saturated rings. The van der Waals surface area contributed by atoms with Gasteiger partial charge in [0.25, 0.3) is 5.91 Å². The van der Waals surface area contributed by atoms with E-state index < -0.39 is 0 Å². The van der Waals surface area contributed by atoms with Gasteiger partial charge in [-0.15, -0.1) is 11.3 Å². The second-order valence-corrected chi connectivity index (χ2v) is 8.46. The second-order valence-electron chi connectivity index (χ2n) is 7.40. The number of hydrogen-bond donors (Lipinski definition) is 1. The maximum absolute atomic E-state index is 12.9. The number of carbonyl (C=O) groups is 1. The van der Waals surface area contributed by atoms with Crippen LogP contribution < -0.4 is 5.32 Å². The van der Waals surface area contributed by atoms with Gasteiger partial charge in [0, 0.05) is 36.7 Å². The van der Waals surface area contributed by atoms with E-state index in [0.717, 1.165) is 21.8 Å². The highest BCUT2D eigenvalue weighted by Gasteiger charge is 2.19. The van der Waals surface area contributed by atoms with Crippen LogP contribution in [0.3, 0.4) is 0 Å². The number of hydrogen-bond acceptors (Lipinski definition) is 6. The molecule has 1 amide bonds. The fourth-order valence-electron chi connectivity index (χ4n) is 3.57. The number of aromatic nitrogens is 6. The zero-order valence-corrected chi connectivity index (χ0v) is 18.3. The van der Waals surface area contributed by atoms with Gasteiger partial charge in [-0.1, -0.05) is 12.1 Å². The minimum atomic E-state index is -0.207. The Kier molecular flexibility index (Phi) is 5.47. The predicted molar refractivity (Wildman–Crippen MR) is 123 cm³/mol. The Morgan fingerprint density at radius 1 is 1.19 bits per heavy atom. The highest BCUT2D eigenvalue weighted by Crippen LogP contribution is 2.22. The van der Waals surface area contributed by atoms with E-state index in [1.165, 1.54) is 0 Å². The molecule has 0 aliphatic heterocycles.